The summed E-state index contributed by atoms with van der Waals surface area (Å²) < 4.78 is 1.88. The number of hydrogen-bond acceptors (Lipinski definition) is 3. The van der Waals surface area contributed by atoms with E-state index in [-0.39, 0.29) is 11.3 Å². The number of fused-ring (bicyclic) bond motifs is 1. The van der Waals surface area contributed by atoms with E-state index in [1.54, 1.807) is 0 Å². The molecule has 2 heterocycles. The molecule has 0 aliphatic carbocycles. The summed E-state index contributed by atoms with van der Waals surface area (Å²) in [4.78, 5) is 5.90. The fourth-order valence-electron chi connectivity index (χ4n) is 4.35. The summed E-state index contributed by atoms with van der Waals surface area (Å²) >= 11 is 0. The number of aliphatic hydroxyl groups is 1. The molecule has 1 aliphatic rings. The Morgan fingerprint density at radius 1 is 1.14 bits per heavy atom. The number of benzene rings is 2. The Hall–Kier alpha value is -3.10. The number of para-hydroxylation sites is 2. The van der Waals surface area contributed by atoms with Crippen molar-refractivity contribution in [3.8, 4) is 6.07 Å². The maximum Gasteiger partial charge on any atom is 0.169 e. The lowest BCUT2D eigenvalue weighted by atomic mass is 9.90. The number of piperidine rings is 1. The highest BCUT2D eigenvalue weighted by Crippen LogP contribution is 2.22. The summed E-state index contributed by atoms with van der Waals surface area (Å²) in [6, 6.07) is 20.6. The zero-order valence-corrected chi connectivity index (χ0v) is 16.8. The normalized spacial score (nSPS) is 20.3. The van der Waals surface area contributed by atoms with Crippen molar-refractivity contribution in [3.63, 3.8) is 0 Å². The van der Waals surface area contributed by atoms with E-state index < -0.39 is 0 Å². The second-order valence-electron chi connectivity index (χ2n) is 7.98. The van der Waals surface area contributed by atoms with Gasteiger partial charge in [-0.05, 0) is 42.9 Å². The van der Waals surface area contributed by atoms with Gasteiger partial charge in [0.15, 0.2) is 11.6 Å². The molecule has 0 bridgehead atoms. The number of imidazole rings is 1. The molecular formula is C24H27N4O+. The molecule has 1 aromatic heterocycles. The molecule has 0 radical (unpaired) electrons. The van der Waals surface area contributed by atoms with E-state index in [0.717, 1.165) is 43.4 Å². The smallest absolute Gasteiger partial charge is 0.169 e. The molecule has 1 fully saturated rings. The maximum absolute atomic E-state index is 10.7. The fraction of sp³-hybridized carbons (Fsp3) is 0.333. The van der Waals surface area contributed by atoms with E-state index in [4.69, 9.17) is 0 Å². The Morgan fingerprint density at radius 3 is 2.52 bits per heavy atom. The molecule has 29 heavy (non-hydrogen) atoms. The van der Waals surface area contributed by atoms with Crippen LogP contribution in [-0.4, -0.2) is 34.3 Å². The first-order valence-corrected chi connectivity index (χ1v) is 10.3. The van der Waals surface area contributed by atoms with Crippen molar-refractivity contribution in [2.45, 2.75) is 19.3 Å². The molecule has 0 amide bonds. The number of nitrogens with one attached hydrogen (secondary N) is 1. The Kier molecular flexibility index (Phi) is 5.64. The van der Waals surface area contributed by atoms with Crippen LogP contribution in [0, 0.1) is 17.2 Å². The molecule has 148 valence electrons. The molecule has 4 rings (SSSR count). The van der Waals surface area contributed by atoms with E-state index >= 15 is 0 Å². The lowest BCUT2D eigenvalue weighted by Gasteiger charge is -2.29. The third kappa shape index (κ3) is 4.18. The minimum absolute atomic E-state index is 0.141. The zero-order chi connectivity index (χ0) is 20.2. The van der Waals surface area contributed by atoms with Gasteiger partial charge in [0, 0.05) is 7.05 Å². The lowest BCUT2D eigenvalue weighted by molar-refractivity contribution is -0.902. The van der Waals surface area contributed by atoms with E-state index in [0.29, 0.717) is 18.3 Å². The van der Waals surface area contributed by atoms with Crippen LogP contribution < -0.4 is 4.90 Å². The van der Waals surface area contributed by atoms with Crippen molar-refractivity contribution in [1.82, 2.24) is 9.55 Å². The van der Waals surface area contributed by atoms with Crippen molar-refractivity contribution < 1.29 is 10.0 Å². The van der Waals surface area contributed by atoms with Crippen molar-refractivity contribution in [1.29, 1.82) is 5.26 Å². The monoisotopic (exact) mass is 387 g/mol. The molecule has 5 heteroatoms. The van der Waals surface area contributed by atoms with E-state index in [2.05, 4.69) is 41.4 Å². The van der Waals surface area contributed by atoms with E-state index in [1.165, 1.54) is 10.5 Å². The standard InChI is InChI=1S/C24H26N4O/c1-27-22-10-6-5-9-21(22)26-24(27)20(16-25)23(29)17-28-13-11-19(12-14-28)15-18-7-3-2-4-8-18/h2-10,19,29H,11-15,17H2,1H3/p+1/b23-20-. The highest BCUT2D eigenvalue weighted by molar-refractivity contribution is 5.83. The summed E-state index contributed by atoms with van der Waals surface area (Å²) in [6.45, 7) is 2.51. The predicted molar refractivity (Wildman–Crippen MR) is 114 cm³/mol. The lowest BCUT2D eigenvalue weighted by Crippen LogP contribution is -3.13. The Morgan fingerprint density at radius 2 is 1.83 bits per heavy atom. The van der Waals surface area contributed by atoms with Crippen LogP contribution in [0.15, 0.2) is 60.4 Å². The van der Waals surface area contributed by atoms with Crippen LogP contribution in [0.1, 0.15) is 24.2 Å². The number of allylic oxidation sites excluding steroid dienone is 1. The average Bonchev–Trinajstić information content (AvgIpc) is 3.07. The number of rotatable bonds is 5. The second kappa shape index (κ2) is 8.50. The molecule has 0 unspecified atom stereocenters. The van der Waals surface area contributed by atoms with Gasteiger partial charge in [-0.15, -0.1) is 0 Å². The predicted octanol–water partition coefficient (Wildman–Crippen LogP) is 2.90. The van der Waals surface area contributed by atoms with Crippen LogP contribution in [-0.2, 0) is 13.5 Å². The first-order chi connectivity index (χ1) is 14.2. The van der Waals surface area contributed by atoms with Crippen LogP contribution in [0.25, 0.3) is 16.6 Å². The van der Waals surface area contributed by atoms with E-state index in [1.807, 2.05) is 35.9 Å². The van der Waals surface area contributed by atoms with Crippen LogP contribution in [0.2, 0.25) is 0 Å². The number of quaternary nitrogens is 1. The first-order valence-electron chi connectivity index (χ1n) is 10.3. The Bertz CT molecular complexity index is 1050. The second-order valence-corrected chi connectivity index (χ2v) is 7.98. The van der Waals surface area contributed by atoms with Gasteiger partial charge in [-0.3, -0.25) is 0 Å². The maximum atomic E-state index is 10.7. The van der Waals surface area contributed by atoms with Crippen LogP contribution >= 0.6 is 0 Å². The molecule has 1 aliphatic heterocycles. The minimum Gasteiger partial charge on any atom is -0.506 e. The number of likely N-dealkylation sites (tertiary alicyclic amines) is 1. The Labute approximate surface area is 171 Å². The van der Waals surface area contributed by atoms with Gasteiger partial charge >= 0.3 is 0 Å². The summed E-state index contributed by atoms with van der Waals surface area (Å²) in [5.74, 6) is 1.37. The molecule has 0 atom stereocenters. The molecule has 2 N–H and O–H groups in total. The van der Waals surface area contributed by atoms with Crippen LogP contribution in [0.4, 0.5) is 0 Å². The molecule has 0 saturated carbocycles. The van der Waals surface area contributed by atoms with Crippen molar-refractivity contribution in [2.24, 2.45) is 13.0 Å². The van der Waals surface area contributed by atoms with Crippen LogP contribution in [0.3, 0.4) is 0 Å². The van der Waals surface area contributed by atoms with Gasteiger partial charge in [-0.2, -0.15) is 5.26 Å². The highest BCUT2D eigenvalue weighted by Gasteiger charge is 2.25. The van der Waals surface area contributed by atoms with Crippen LogP contribution in [0.5, 0.6) is 0 Å². The highest BCUT2D eigenvalue weighted by atomic mass is 16.3. The van der Waals surface area contributed by atoms with Gasteiger partial charge in [0.2, 0.25) is 0 Å². The quantitative estimate of drug-likeness (QED) is 0.523. The minimum atomic E-state index is 0.141. The van der Waals surface area contributed by atoms with Crippen molar-refractivity contribution in [2.75, 3.05) is 19.6 Å². The number of hydrogen-bond donors (Lipinski definition) is 2. The largest absolute Gasteiger partial charge is 0.506 e. The number of aliphatic hydroxyl groups excluding tert-OH is 1. The summed E-state index contributed by atoms with van der Waals surface area (Å²) in [5.41, 5.74) is 3.47. The third-order valence-electron chi connectivity index (χ3n) is 6.01. The van der Waals surface area contributed by atoms with Gasteiger partial charge in [-0.25, -0.2) is 4.98 Å². The van der Waals surface area contributed by atoms with Crippen molar-refractivity contribution in [3.05, 3.63) is 71.7 Å². The third-order valence-corrected chi connectivity index (χ3v) is 6.01. The van der Waals surface area contributed by atoms with E-state index in [9.17, 15) is 10.4 Å². The number of aryl methyl sites for hydroxylation is 1. The summed E-state index contributed by atoms with van der Waals surface area (Å²) in [6.07, 6.45) is 3.41. The molecule has 3 aromatic rings. The number of aromatic nitrogens is 2. The SMILES string of the molecule is Cn1c(/C(C#N)=C(\O)C[NH+]2CCC(Cc3ccccc3)CC2)nc2ccccc21. The summed E-state index contributed by atoms with van der Waals surface area (Å²) in [5, 5.41) is 20.5. The zero-order valence-electron chi connectivity index (χ0n) is 16.8. The average molecular weight is 388 g/mol. The van der Waals surface area contributed by atoms with Crippen molar-refractivity contribution >= 4 is 16.6 Å². The first kappa shape index (κ1) is 19.2. The fourth-order valence-corrected chi connectivity index (χ4v) is 4.35. The van der Waals surface area contributed by atoms with Gasteiger partial charge in [0.25, 0.3) is 0 Å². The number of nitriles is 1. The molecule has 5 nitrogen and oxygen atoms in total. The number of nitrogens with zero attached hydrogens (tertiary/aromatic N) is 3. The van der Waals surface area contributed by atoms with Gasteiger partial charge < -0.3 is 14.6 Å². The van der Waals surface area contributed by atoms with Gasteiger partial charge in [-0.1, -0.05) is 42.5 Å². The Balaban J connectivity index is 1.43. The molecule has 0 spiro atoms. The summed E-state index contributed by atoms with van der Waals surface area (Å²) in [7, 11) is 1.89. The molecule has 1 saturated heterocycles. The topological polar surface area (TPSA) is 66.3 Å². The van der Waals surface area contributed by atoms with Gasteiger partial charge in [0.1, 0.15) is 18.2 Å². The molecular weight excluding hydrogens is 360 g/mol. The molecule has 2 aromatic carbocycles. The van der Waals surface area contributed by atoms with Gasteiger partial charge in [0.05, 0.1) is 24.1 Å².